The number of ether oxygens (including phenoxy) is 1. The van der Waals surface area contributed by atoms with Crippen molar-refractivity contribution in [2.24, 2.45) is 5.41 Å². The van der Waals surface area contributed by atoms with Crippen LogP contribution in [-0.2, 0) is 18.0 Å². The van der Waals surface area contributed by atoms with Crippen molar-refractivity contribution >= 4 is 5.91 Å². The fraction of sp³-hybridized carbons (Fsp3) is 0.588. The lowest BCUT2D eigenvalue weighted by Crippen LogP contribution is -2.29. The summed E-state index contributed by atoms with van der Waals surface area (Å²) in [5, 5.41) is 21.2. The van der Waals surface area contributed by atoms with Gasteiger partial charge in [-0.05, 0) is 35.1 Å². The van der Waals surface area contributed by atoms with Crippen LogP contribution in [0.2, 0.25) is 0 Å². The zero-order valence-electron chi connectivity index (χ0n) is 13.7. The van der Waals surface area contributed by atoms with Crippen LogP contribution in [0, 0.1) is 5.41 Å². The van der Waals surface area contributed by atoms with Gasteiger partial charge in [0, 0.05) is 13.0 Å². The predicted octanol–water partition coefficient (Wildman–Crippen LogP) is 1.99. The third kappa shape index (κ3) is 7.43. The highest BCUT2D eigenvalue weighted by molar-refractivity contribution is 5.76. The summed E-state index contributed by atoms with van der Waals surface area (Å²) in [7, 11) is 0. The summed E-state index contributed by atoms with van der Waals surface area (Å²) in [4.78, 5) is 11.7. The van der Waals surface area contributed by atoms with Gasteiger partial charge in [-0.2, -0.15) is 0 Å². The van der Waals surface area contributed by atoms with E-state index in [9.17, 15) is 4.79 Å². The van der Waals surface area contributed by atoms with E-state index < -0.39 is 0 Å². The zero-order chi connectivity index (χ0) is 16.6. The molecule has 0 unspecified atom stereocenters. The van der Waals surface area contributed by atoms with Crippen molar-refractivity contribution in [2.75, 3.05) is 13.2 Å². The van der Waals surface area contributed by atoms with E-state index in [0.29, 0.717) is 42.9 Å². The average Bonchev–Trinajstić information content (AvgIpc) is 2.44. The molecular weight excluding hydrogens is 282 g/mol. The molecule has 0 fully saturated rings. The Morgan fingerprint density at radius 2 is 1.73 bits per heavy atom. The summed E-state index contributed by atoms with van der Waals surface area (Å²) in [6.07, 6.45) is 1.21. The molecule has 22 heavy (non-hydrogen) atoms. The number of amides is 1. The van der Waals surface area contributed by atoms with Crippen LogP contribution >= 0.6 is 0 Å². The second kappa shape index (κ2) is 8.76. The molecule has 1 aromatic rings. The third-order valence-electron chi connectivity index (χ3n) is 2.99. The Kier molecular flexibility index (Phi) is 7.35. The Morgan fingerprint density at radius 3 is 2.23 bits per heavy atom. The number of benzene rings is 1. The highest BCUT2D eigenvalue weighted by atomic mass is 16.5. The van der Waals surface area contributed by atoms with Gasteiger partial charge in [0.25, 0.3) is 0 Å². The number of aliphatic hydroxyl groups excluding tert-OH is 2. The Bertz CT molecular complexity index is 458. The number of hydrogen-bond donors (Lipinski definition) is 3. The van der Waals surface area contributed by atoms with Gasteiger partial charge in [-0.1, -0.05) is 26.8 Å². The number of carbonyl (C=O) groups excluding carboxylic acids is 1. The fourth-order valence-corrected chi connectivity index (χ4v) is 2.03. The van der Waals surface area contributed by atoms with Gasteiger partial charge >= 0.3 is 0 Å². The van der Waals surface area contributed by atoms with Crippen LogP contribution in [0.15, 0.2) is 18.2 Å². The van der Waals surface area contributed by atoms with Crippen LogP contribution in [-0.4, -0.2) is 29.3 Å². The molecule has 5 heteroatoms. The molecule has 0 spiro atoms. The number of hydrogen-bond acceptors (Lipinski definition) is 4. The van der Waals surface area contributed by atoms with Crippen LogP contribution in [0.1, 0.15) is 44.7 Å². The van der Waals surface area contributed by atoms with Gasteiger partial charge in [0.05, 0.1) is 19.8 Å². The Balaban J connectivity index is 2.31. The van der Waals surface area contributed by atoms with E-state index >= 15 is 0 Å². The monoisotopic (exact) mass is 309 g/mol. The SMILES string of the molecule is CC(C)(C)CC(=O)NCCCOc1cc(CO)cc(CO)c1. The summed E-state index contributed by atoms with van der Waals surface area (Å²) in [5.41, 5.74) is 1.41. The second-order valence-electron chi connectivity index (χ2n) is 6.59. The molecule has 0 atom stereocenters. The number of rotatable bonds is 8. The quantitative estimate of drug-likeness (QED) is 0.642. The molecule has 0 aliphatic rings. The van der Waals surface area contributed by atoms with Gasteiger partial charge in [0.2, 0.25) is 5.91 Å². The first kappa shape index (κ1) is 18.5. The Morgan fingerprint density at radius 1 is 1.14 bits per heavy atom. The van der Waals surface area contributed by atoms with Crippen LogP contribution in [0.25, 0.3) is 0 Å². The highest BCUT2D eigenvalue weighted by Gasteiger charge is 2.15. The number of aliphatic hydroxyl groups is 2. The Hall–Kier alpha value is -1.59. The second-order valence-corrected chi connectivity index (χ2v) is 6.59. The Labute approximate surface area is 132 Å². The van der Waals surface area contributed by atoms with E-state index in [-0.39, 0.29) is 24.5 Å². The van der Waals surface area contributed by atoms with E-state index in [4.69, 9.17) is 14.9 Å². The first-order chi connectivity index (χ1) is 10.3. The predicted molar refractivity (Wildman–Crippen MR) is 85.5 cm³/mol. The molecule has 0 aliphatic carbocycles. The van der Waals surface area contributed by atoms with Crippen molar-refractivity contribution < 1.29 is 19.7 Å². The molecule has 5 nitrogen and oxygen atoms in total. The van der Waals surface area contributed by atoms with E-state index in [0.717, 1.165) is 0 Å². The van der Waals surface area contributed by atoms with Crippen molar-refractivity contribution in [3.63, 3.8) is 0 Å². The van der Waals surface area contributed by atoms with Gasteiger partial charge in [-0.15, -0.1) is 0 Å². The largest absolute Gasteiger partial charge is 0.494 e. The van der Waals surface area contributed by atoms with Gasteiger partial charge in [0.15, 0.2) is 0 Å². The van der Waals surface area contributed by atoms with Crippen LogP contribution in [0.3, 0.4) is 0 Å². The van der Waals surface area contributed by atoms with E-state index in [1.54, 1.807) is 18.2 Å². The van der Waals surface area contributed by atoms with Crippen molar-refractivity contribution in [2.45, 2.75) is 46.8 Å². The average molecular weight is 309 g/mol. The first-order valence-electron chi connectivity index (χ1n) is 7.58. The minimum absolute atomic E-state index is 0.00792. The van der Waals surface area contributed by atoms with Crippen molar-refractivity contribution in [1.29, 1.82) is 0 Å². The van der Waals surface area contributed by atoms with E-state index in [1.165, 1.54) is 0 Å². The summed E-state index contributed by atoms with van der Waals surface area (Å²) in [5.74, 6) is 0.675. The maximum absolute atomic E-state index is 11.7. The first-order valence-corrected chi connectivity index (χ1v) is 7.58. The number of carbonyl (C=O) groups is 1. The maximum Gasteiger partial charge on any atom is 0.220 e. The standard InChI is InChI=1S/C17H27NO4/c1-17(2,3)10-16(21)18-5-4-6-22-15-8-13(11-19)7-14(9-15)12-20/h7-9,19-20H,4-6,10-12H2,1-3H3,(H,18,21). The summed E-state index contributed by atoms with van der Waals surface area (Å²) < 4.78 is 5.60. The molecule has 0 aromatic heterocycles. The summed E-state index contributed by atoms with van der Waals surface area (Å²) >= 11 is 0. The van der Waals surface area contributed by atoms with Crippen molar-refractivity contribution in [1.82, 2.24) is 5.32 Å². The molecule has 0 aliphatic heterocycles. The topological polar surface area (TPSA) is 78.8 Å². The zero-order valence-corrected chi connectivity index (χ0v) is 13.7. The number of nitrogens with one attached hydrogen (secondary N) is 1. The lowest BCUT2D eigenvalue weighted by atomic mass is 9.92. The van der Waals surface area contributed by atoms with Crippen molar-refractivity contribution in [3.8, 4) is 5.75 Å². The summed E-state index contributed by atoms with van der Waals surface area (Å²) in [6.45, 7) is 6.95. The molecule has 1 aromatic carbocycles. The molecular formula is C17H27NO4. The molecule has 1 rings (SSSR count). The van der Waals surface area contributed by atoms with Crippen LogP contribution in [0.5, 0.6) is 5.75 Å². The van der Waals surface area contributed by atoms with E-state index in [1.807, 2.05) is 20.8 Å². The molecule has 124 valence electrons. The molecule has 3 N–H and O–H groups in total. The molecule has 0 bridgehead atoms. The molecule has 0 heterocycles. The molecule has 0 saturated carbocycles. The third-order valence-corrected chi connectivity index (χ3v) is 2.99. The summed E-state index contributed by atoms with van der Waals surface area (Å²) in [6, 6.07) is 5.23. The minimum atomic E-state index is -0.0902. The molecule has 0 saturated heterocycles. The normalized spacial score (nSPS) is 11.3. The lowest BCUT2D eigenvalue weighted by Gasteiger charge is -2.17. The van der Waals surface area contributed by atoms with E-state index in [2.05, 4.69) is 5.32 Å². The fourth-order valence-electron chi connectivity index (χ4n) is 2.03. The highest BCUT2D eigenvalue weighted by Crippen LogP contribution is 2.18. The maximum atomic E-state index is 11.7. The van der Waals surface area contributed by atoms with Crippen LogP contribution in [0.4, 0.5) is 0 Å². The molecule has 0 radical (unpaired) electrons. The minimum Gasteiger partial charge on any atom is -0.494 e. The van der Waals surface area contributed by atoms with Gasteiger partial charge in [0.1, 0.15) is 5.75 Å². The van der Waals surface area contributed by atoms with Gasteiger partial charge in [-0.3, -0.25) is 4.79 Å². The smallest absolute Gasteiger partial charge is 0.220 e. The lowest BCUT2D eigenvalue weighted by molar-refractivity contribution is -0.122. The molecule has 1 amide bonds. The van der Waals surface area contributed by atoms with Crippen molar-refractivity contribution in [3.05, 3.63) is 29.3 Å². The van der Waals surface area contributed by atoms with Crippen LogP contribution < -0.4 is 10.1 Å². The van der Waals surface area contributed by atoms with Gasteiger partial charge < -0.3 is 20.3 Å². The van der Waals surface area contributed by atoms with Gasteiger partial charge in [-0.25, -0.2) is 0 Å².